The van der Waals surface area contributed by atoms with Crippen LogP contribution in [0.1, 0.15) is 25.3 Å². The van der Waals surface area contributed by atoms with Crippen LogP contribution in [0.4, 0.5) is 8.78 Å². The molecule has 0 heterocycles. The summed E-state index contributed by atoms with van der Waals surface area (Å²) in [6.45, 7) is 2.36. The van der Waals surface area contributed by atoms with Gasteiger partial charge in [0.1, 0.15) is 5.82 Å². The standard InChI is InChI=1S/C13H17F2NO2/c1-3-4-7-18-11-6-5-10(14)9(13(11)15)8-12(17)16-2/h5-6H,3-4,7-8H2,1-2H3,(H,16,17). The van der Waals surface area contributed by atoms with E-state index in [9.17, 15) is 13.6 Å². The molecule has 0 bridgehead atoms. The third-order valence-corrected chi connectivity index (χ3v) is 2.52. The number of unbranched alkanes of at least 4 members (excludes halogenated alkanes) is 1. The van der Waals surface area contributed by atoms with Crippen LogP contribution in [0.3, 0.4) is 0 Å². The first-order valence-corrected chi connectivity index (χ1v) is 5.90. The van der Waals surface area contributed by atoms with Crippen molar-refractivity contribution in [1.29, 1.82) is 0 Å². The van der Waals surface area contributed by atoms with Crippen molar-refractivity contribution in [2.24, 2.45) is 0 Å². The molecule has 0 aliphatic heterocycles. The molecule has 0 aromatic heterocycles. The summed E-state index contributed by atoms with van der Waals surface area (Å²) in [6, 6.07) is 2.36. The zero-order chi connectivity index (χ0) is 13.5. The van der Waals surface area contributed by atoms with Gasteiger partial charge in [-0.1, -0.05) is 13.3 Å². The van der Waals surface area contributed by atoms with Crippen molar-refractivity contribution in [2.45, 2.75) is 26.2 Å². The largest absolute Gasteiger partial charge is 0.491 e. The van der Waals surface area contributed by atoms with Gasteiger partial charge in [0.25, 0.3) is 0 Å². The lowest BCUT2D eigenvalue weighted by Gasteiger charge is -2.10. The first-order valence-electron chi connectivity index (χ1n) is 5.90. The van der Waals surface area contributed by atoms with Crippen LogP contribution in [-0.4, -0.2) is 19.6 Å². The molecule has 0 atom stereocenters. The molecule has 1 aromatic carbocycles. The lowest BCUT2D eigenvalue weighted by atomic mass is 10.1. The highest BCUT2D eigenvalue weighted by Gasteiger charge is 2.17. The number of ether oxygens (including phenoxy) is 1. The fourth-order valence-electron chi connectivity index (χ4n) is 1.43. The van der Waals surface area contributed by atoms with E-state index in [0.29, 0.717) is 6.61 Å². The minimum Gasteiger partial charge on any atom is -0.491 e. The van der Waals surface area contributed by atoms with Crippen molar-refractivity contribution in [3.05, 3.63) is 29.3 Å². The molecule has 100 valence electrons. The number of nitrogens with one attached hydrogen (secondary N) is 1. The molecule has 1 N–H and O–H groups in total. The minimum absolute atomic E-state index is 0.0104. The van der Waals surface area contributed by atoms with Crippen LogP contribution in [0, 0.1) is 11.6 Å². The molecule has 0 saturated heterocycles. The molecular weight excluding hydrogens is 240 g/mol. The number of rotatable bonds is 6. The summed E-state index contributed by atoms with van der Waals surface area (Å²) in [6.07, 6.45) is 1.38. The summed E-state index contributed by atoms with van der Waals surface area (Å²) in [5.74, 6) is -1.99. The van der Waals surface area contributed by atoms with Crippen LogP contribution < -0.4 is 10.1 Å². The third-order valence-electron chi connectivity index (χ3n) is 2.52. The SMILES string of the molecule is CCCCOc1ccc(F)c(CC(=O)NC)c1F. The van der Waals surface area contributed by atoms with Crippen molar-refractivity contribution in [2.75, 3.05) is 13.7 Å². The Hall–Kier alpha value is -1.65. The predicted octanol–water partition coefficient (Wildman–Crippen LogP) is 2.43. The molecular formula is C13H17F2NO2. The molecule has 0 spiro atoms. The normalized spacial score (nSPS) is 10.2. The fourth-order valence-corrected chi connectivity index (χ4v) is 1.43. The van der Waals surface area contributed by atoms with Gasteiger partial charge >= 0.3 is 0 Å². The predicted molar refractivity (Wildman–Crippen MR) is 64.5 cm³/mol. The fraction of sp³-hybridized carbons (Fsp3) is 0.462. The van der Waals surface area contributed by atoms with Crippen molar-refractivity contribution < 1.29 is 18.3 Å². The molecule has 0 radical (unpaired) electrons. The molecule has 1 rings (SSSR count). The molecule has 3 nitrogen and oxygen atoms in total. The first-order chi connectivity index (χ1) is 8.60. The average molecular weight is 257 g/mol. The maximum absolute atomic E-state index is 13.9. The van der Waals surface area contributed by atoms with Crippen molar-refractivity contribution in [1.82, 2.24) is 5.32 Å². The van der Waals surface area contributed by atoms with Crippen LogP contribution in [0.15, 0.2) is 12.1 Å². The summed E-state index contributed by atoms with van der Waals surface area (Å²) in [5.41, 5.74) is -0.261. The Balaban J connectivity index is 2.88. The van der Waals surface area contributed by atoms with Gasteiger partial charge in [0.15, 0.2) is 11.6 Å². The second kappa shape index (κ2) is 6.93. The maximum atomic E-state index is 13.9. The third kappa shape index (κ3) is 3.68. The van der Waals surface area contributed by atoms with E-state index < -0.39 is 17.5 Å². The lowest BCUT2D eigenvalue weighted by molar-refractivity contribution is -0.120. The maximum Gasteiger partial charge on any atom is 0.224 e. The van der Waals surface area contributed by atoms with Gasteiger partial charge in [0, 0.05) is 12.6 Å². The number of hydrogen-bond acceptors (Lipinski definition) is 2. The Morgan fingerprint density at radius 3 is 2.72 bits per heavy atom. The average Bonchev–Trinajstić information content (AvgIpc) is 2.37. The first kappa shape index (κ1) is 14.4. The number of halogens is 2. The smallest absolute Gasteiger partial charge is 0.224 e. The minimum atomic E-state index is -0.797. The van der Waals surface area contributed by atoms with Crippen molar-refractivity contribution in [3.8, 4) is 5.75 Å². The molecule has 1 aromatic rings. The van der Waals surface area contributed by atoms with Crippen molar-refractivity contribution in [3.63, 3.8) is 0 Å². The molecule has 0 fully saturated rings. The van der Waals surface area contributed by atoms with E-state index >= 15 is 0 Å². The lowest BCUT2D eigenvalue weighted by Crippen LogP contribution is -2.21. The van der Waals surface area contributed by atoms with Gasteiger partial charge in [-0.3, -0.25) is 4.79 Å². The monoisotopic (exact) mass is 257 g/mol. The number of carbonyl (C=O) groups excluding carboxylic acids is 1. The second-order valence-electron chi connectivity index (χ2n) is 3.89. The number of hydrogen-bond donors (Lipinski definition) is 1. The van der Waals surface area contributed by atoms with Crippen LogP contribution in [-0.2, 0) is 11.2 Å². The highest BCUT2D eigenvalue weighted by atomic mass is 19.1. The zero-order valence-corrected chi connectivity index (χ0v) is 10.6. The number of likely N-dealkylation sites (N-methyl/N-ethyl adjacent to an activating group) is 1. The highest BCUT2D eigenvalue weighted by molar-refractivity contribution is 5.78. The molecule has 5 heteroatoms. The Labute approximate surface area is 105 Å². The number of carbonyl (C=O) groups is 1. The summed E-state index contributed by atoms with van der Waals surface area (Å²) in [7, 11) is 1.42. The van der Waals surface area contributed by atoms with Gasteiger partial charge in [-0.05, 0) is 18.6 Å². The molecule has 1 amide bonds. The zero-order valence-electron chi connectivity index (χ0n) is 10.6. The van der Waals surface area contributed by atoms with Crippen LogP contribution >= 0.6 is 0 Å². The topological polar surface area (TPSA) is 38.3 Å². The van der Waals surface area contributed by atoms with Gasteiger partial charge in [-0.2, -0.15) is 0 Å². The molecule has 0 aliphatic carbocycles. The summed E-state index contributed by atoms with van der Waals surface area (Å²) in [5, 5.41) is 2.33. The Morgan fingerprint density at radius 2 is 2.11 bits per heavy atom. The highest BCUT2D eigenvalue weighted by Crippen LogP contribution is 2.24. The van der Waals surface area contributed by atoms with E-state index in [4.69, 9.17) is 4.74 Å². The Bertz CT molecular complexity index is 422. The summed E-state index contributed by atoms with van der Waals surface area (Å²) in [4.78, 5) is 11.2. The van der Waals surface area contributed by atoms with Gasteiger partial charge in [0.2, 0.25) is 5.91 Å². The van der Waals surface area contributed by atoms with Gasteiger partial charge in [-0.15, -0.1) is 0 Å². The van der Waals surface area contributed by atoms with Gasteiger partial charge in [-0.25, -0.2) is 8.78 Å². The molecule has 0 saturated carbocycles. The number of amides is 1. The van der Waals surface area contributed by atoms with E-state index in [2.05, 4.69) is 5.32 Å². The molecule has 0 unspecified atom stereocenters. The number of benzene rings is 1. The van der Waals surface area contributed by atoms with Crippen molar-refractivity contribution >= 4 is 5.91 Å². The second-order valence-corrected chi connectivity index (χ2v) is 3.89. The van der Waals surface area contributed by atoms with Crippen LogP contribution in [0.25, 0.3) is 0 Å². The quantitative estimate of drug-likeness (QED) is 0.795. The van der Waals surface area contributed by atoms with Crippen LogP contribution in [0.2, 0.25) is 0 Å². The van der Waals surface area contributed by atoms with E-state index in [0.717, 1.165) is 18.9 Å². The Kier molecular flexibility index (Phi) is 5.55. The van der Waals surface area contributed by atoms with E-state index in [-0.39, 0.29) is 17.7 Å². The summed E-state index contributed by atoms with van der Waals surface area (Å²) < 4.78 is 32.6. The van der Waals surface area contributed by atoms with Gasteiger partial charge < -0.3 is 10.1 Å². The van der Waals surface area contributed by atoms with Gasteiger partial charge in [0.05, 0.1) is 13.0 Å². The summed E-state index contributed by atoms with van der Waals surface area (Å²) >= 11 is 0. The Morgan fingerprint density at radius 1 is 1.39 bits per heavy atom. The van der Waals surface area contributed by atoms with E-state index in [1.807, 2.05) is 6.92 Å². The van der Waals surface area contributed by atoms with E-state index in [1.165, 1.54) is 13.1 Å². The molecule has 0 aliphatic rings. The van der Waals surface area contributed by atoms with Crippen LogP contribution in [0.5, 0.6) is 5.75 Å². The van der Waals surface area contributed by atoms with E-state index in [1.54, 1.807) is 0 Å². The molecule has 18 heavy (non-hydrogen) atoms.